The van der Waals surface area contributed by atoms with Gasteiger partial charge < -0.3 is 15.1 Å². The highest BCUT2D eigenvalue weighted by molar-refractivity contribution is 6.33. The van der Waals surface area contributed by atoms with E-state index in [0.29, 0.717) is 37.6 Å². The standard InChI is InChI=1S/C18H21ClN6O3/c1-20-18(28)22-15(26)12-23-7-9-24(10-8-23)14-11-21-25(17(27)16(14)19)13-5-3-2-4-6-13/h2-6,11H,7-10,12H2,1H3,(H2,20,22,26,28)/p+1. The maximum absolute atomic E-state index is 12.6. The second kappa shape index (κ2) is 8.85. The van der Waals surface area contributed by atoms with Crippen LogP contribution >= 0.6 is 11.6 Å². The second-order valence-corrected chi connectivity index (χ2v) is 6.82. The molecule has 3 rings (SSSR count). The number of aromatic nitrogens is 2. The number of nitrogens with zero attached hydrogens (tertiary/aromatic N) is 3. The molecule has 148 valence electrons. The van der Waals surface area contributed by atoms with Gasteiger partial charge >= 0.3 is 6.03 Å². The van der Waals surface area contributed by atoms with Gasteiger partial charge in [0.25, 0.3) is 11.5 Å². The van der Waals surface area contributed by atoms with Crippen molar-refractivity contribution < 1.29 is 14.5 Å². The number of benzene rings is 1. The molecule has 2 heterocycles. The number of halogens is 1. The van der Waals surface area contributed by atoms with E-state index in [1.807, 2.05) is 23.1 Å². The van der Waals surface area contributed by atoms with Crippen molar-refractivity contribution in [3.05, 3.63) is 51.9 Å². The smallest absolute Gasteiger partial charge is 0.321 e. The van der Waals surface area contributed by atoms with Crippen LogP contribution in [0.4, 0.5) is 10.5 Å². The summed E-state index contributed by atoms with van der Waals surface area (Å²) in [5, 5.41) is 8.99. The van der Waals surface area contributed by atoms with E-state index in [-0.39, 0.29) is 23.0 Å². The molecule has 1 fully saturated rings. The van der Waals surface area contributed by atoms with Gasteiger partial charge in [0.1, 0.15) is 5.02 Å². The summed E-state index contributed by atoms with van der Waals surface area (Å²) in [7, 11) is 1.46. The molecule has 2 aromatic rings. The Balaban J connectivity index is 1.65. The third-order valence-corrected chi connectivity index (χ3v) is 4.96. The van der Waals surface area contributed by atoms with E-state index in [2.05, 4.69) is 15.7 Å². The number of urea groups is 1. The van der Waals surface area contributed by atoms with Crippen LogP contribution < -0.4 is 26.0 Å². The summed E-state index contributed by atoms with van der Waals surface area (Å²) < 4.78 is 1.27. The number of hydrogen-bond donors (Lipinski definition) is 3. The number of amides is 3. The van der Waals surface area contributed by atoms with Gasteiger partial charge in [-0.05, 0) is 12.1 Å². The Kier molecular flexibility index (Phi) is 6.27. The van der Waals surface area contributed by atoms with Crippen molar-refractivity contribution in [2.24, 2.45) is 0 Å². The second-order valence-electron chi connectivity index (χ2n) is 6.44. The molecule has 0 saturated carbocycles. The highest BCUT2D eigenvalue weighted by Crippen LogP contribution is 2.21. The molecular weight excluding hydrogens is 384 g/mol. The largest absolute Gasteiger partial charge is 0.358 e. The van der Waals surface area contributed by atoms with Crippen molar-refractivity contribution in [1.82, 2.24) is 20.4 Å². The predicted molar refractivity (Wildman–Crippen MR) is 105 cm³/mol. The van der Waals surface area contributed by atoms with E-state index in [9.17, 15) is 14.4 Å². The number of para-hydroxylation sites is 1. The number of piperazine rings is 1. The van der Waals surface area contributed by atoms with Crippen LogP contribution in [0.1, 0.15) is 0 Å². The molecule has 1 aliphatic rings. The lowest BCUT2D eigenvalue weighted by atomic mass is 10.2. The Bertz CT molecular complexity index is 909. The SMILES string of the molecule is CNC(=O)NC(=O)C[NH+]1CCN(c2cnn(-c3ccccc3)c(=O)c2Cl)CC1. The van der Waals surface area contributed by atoms with Gasteiger partial charge in [0.05, 0.1) is 43.8 Å². The monoisotopic (exact) mass is 405 g/mol. The lowest BCUT2D eigenvalue weighted by Gasteiger charge is -2.33. The van der Waals surface area contributed by atoms with Gasteiger partial charge in [0, 0.05) is 7.05 Å². The molecular formula is C18H22ClN6O3+. The Morgan fingerprint density at radius 3 is 2.54 bits per heavy atom. The zero-order valence-corrected chi connectivity index (χ0v) is 16.2. The average Bonchev–Trinajstić information content (AvgIpc) is 2.71. The quantitative estimate of drug-likeness (QED) is 0.608. The Morgan fingerprint density at radius 1 is 1.21 bits per heavy atom. The fraction of sp³-hybridized carbons (Fsp3) is 0.333. The van der Waals surface area contributed by atoms with Crippen LogP contribution in [0.5, 0.6) is 0 Å². The molecule has 1 aliphatic heterocycles. The summed E-state index contributed by atoms with van der Waals surface area (Å²) in [6.45, 7) is 2.82. The van der Waals surface area contributed by atoms with Crippen LogP contribution in [-0.4, -0.2) is 61.5 Å². The van der Waals surface area contributed by atoms with Crippen molar-refractivity contribution in [1.29, 1.82) is 0 Å². The summed E-state index contributed by atoms with van der Waals surface area (Å²) >= 11 is 6.35. The number of anilines is 1. The first-order valence-corrected chi connectivity index (χ1v) is 9.30. The van der Waals surface area contributed by atoms with Crippen LogP contribution in [0, 0.1) is 0 Å². The van der Waals surface area contributed by atoms with Crippen molar-refractivity contribution >= 4 is 29.2 Å². The third-order valence-electron chi connectivity index (χ3n) is 4.60. The van der Waals surface area contributed by atoms with Gasteiger partial charge in [-0.2, -0.15) is 9.78 Å². The number of carbonyl (C=O) groups excluding carboxylic acids is 2. The fourth-order valence-corrected chi connectivity index (χ4v) is 3.35. The molecule has 0 atom stereocenters. The molecule has 3 amide bonds. The van der Waals surface area contributed by atoms with Crippen LogP contribution in [0.3, 0.4) is 0 Å². The molecule has 0 radical (unpaired) electrons. The van der Waals surface area contributed by atoms with Gasteiger partial charge in [-0.25, -0.2) is 4.79 Å². The van der Waals surface area contributed by atoms with Gasteiger partial charge in [-0.15, -0.1) is 0 Å². The first kappa shape index (κ1) is 19.8. The molecule has 1 aromatic heterocycles. The number of nitrogens with one attached hydrogen (secondary N) is 3. The van der Waals surface area contributed by atoms with E-state index < -0.39 is 6.03 Å². The molecule has 9 nitrogen and oxygen atoms in total. The van der Waals surface area contributed by atoms with Gasteiger partial charge in [-0.1, -0.05) is 29.8 Å². The van der Waals surface area contributed by atoms with E-state index in [0.717, 1.165) is 4.90 Å². The molecule has 0 unspecified atom stereocenters. The van der Waals surface area contributed by atoms with Crippen molar-refractivity contribution in [3.8, 4) is 5.69 Å². The molecule has 0 bridgehead atoms. The average molecular weight is 406 g/mol. The molecule has 28 heavy (non-hydrogen) atoms. The van der Waals surface area contributed by atoms with Crippen LogP contribution in [-0.2, 0) is 4.79 Å². The summed E-state index contributed by atoms with van der Waals surface area (Å²) in [6.07, 6.45) is 1.60. The number of imide groups is 1. The van der Waals surface area contributed by atoms with Crippen molar-refractivity contribution in [2.45, 2.75) is 0 Å². The first-order chi connectivity index (χ1) is 13.5. The number of carbonyl (C=O) groups is 2. The maximum Gasteiger partial charge on any atom is 0.321 e. The van der Waals surface area contributed by atoms with E-state index >= 15 is 0 Å². The highest BCUT2D eigenvalue weighted by Gasteiger charge is 2.25. The lowest BCUT2D eigenvalue weighted by Crippen LogP contribution is -3.16. The van der Waals surface area contributed by atoms with E-state index in [1.54, 1.807) is 18.3 Å². The first-order valence-electron chi connectivity index (χ1n) is 8.93. The highest BCUT2D eigenvalue weighted by atomic mass is 35.5. The van der Waals surface area contributed by atoms with Crippen LogP contribution in [0.15, 0.2) is 41.3 Å². The normalized spacial score (nSPS) is 14.6. The topological polar surface area (TPSA) is 101 Å². The molecule has 3 N–H and O–H groups in total. The molecule has 1 aromatic carbocycles. The van der Waals surface area contributed by atoms with E-state index in [1.165, 1.54) is 11.7 Å². The van der Waals surface area contributed by atoms with Crippen LogP contribution in [0.2, 0.25) is 5.02 Å². The number of rotatable bonds is 4. The van der Waals surface area contributed by atoms with Crippen molar-refractivity contribution in [2.75, 3.05) is 44.7 Å². The zero-order valence-electron chi connectivity index (χ0n) is 15.4. The number of quaternary nitrogens is 1. The summed E-state index contributed by atoms with van der Waals surface area (Å²) in [5.74, 6) is -0.326. The molecule has 0 spiro atoms. The minimum absolute atomic E-state index is 0.125. The predicted octanol–water partition coefficient (Wildman–Crippen LogP) is -0.954. The maximum atomic E-state index is 12.6. The van der Waals surface area contributed by atoms with E-state index in [4.69, 9.17) is 11.6 Å². The summed E-state index contributed by atoms with van der Waals surface area (Å²) in [4.78, 5) is 38.7. The lowest BCUT2D eigenvalue weighted by molar-refractivity contribution is -0.892. The molecule has 0 aliphatic carbocycles. The summed E-state index contributed by atoms with van der Waals surface area (Å²) in [5.41, 5.74) is 0.871. The third kappa shape index (κ3) is 4.49. The van der Waals surface area contributed by atoms with Gasteiger partial charge in [-0.3, -0.25) is 14.9 Å². The number of hydrogen-bond acceptors (Lipinski definition) is 5. The minimum atomic E-state index is -0.514. The Morgan fingerprint density at radius 2 is 1.89 bits per heavy atom. The van der Waals surface area contributed by atoms with Crippen LogP contribution in [0.25, 0.3) is 5.69 Å². The van der Waals surface area contributed by atoms with Gasteiger partial charge in [0.2, 0.25) is 0 Å². The minimum Gasteiger partial charge on any atom is -0.358 e. The molecule has 1 saturated heterocycles. The zero-order chi connectivity index (χ0) is 20.1. The van der Waals surface area contributed by atoms with Crippen molar-refractivity contribution in [3.63, 3.8) is 0 Å². The Labute approximate surface area is 166 Å². The van der Waals surface area contributed by atoms with Gasteiger partial charge in [0.15, 0.2) is 6.54 Å². The fourth-order valence-electron chi connectivity index (χ4n) is 3.10. The summed E-state index contributed by atoms with van der Waals surface area (Å²) in [6, 6.07) is 8.58. The Hall–Kier alpha value is -2.91. The molecule has 10 heteroatoms.